The molecule has 0 bridgehead atoms. The summed E-state index contributed by atoms with van der Waals surface area (Å²) in [5, 5.41) is 0.148. The van der Waals surface area contributed by atoms with E-state index in [4.69, 9.17) is 22.1 Å². The predicted octanol–water partition coefficient (Wildman–Crippen LogP) is 2.77. The summed E-state index contributed by atoms with van der Waals surface area (Å²) in [6.45, 7) is 0. The standard InChI is InChI=1S/C13H17ClFNO/c1-17-13(9-3-4-9)12(16)7-8-2-5-11(15)10(14)6-8/h2,5-6,9,12-13H,3-4,7,16H2,1H3. The van der Waals surface area contributed by atoms with E-state index >= 15 is 0 Å². The molecule has 0 heterocycles. The lowest BCUT2D eigenvalue weighted by Gasteiger charge is -2.22. The Morgan fingerprint density at radius 2 is 2.24 bits per heavy atom. The molecule has 0 saturated heterocycles. The van der Waals surface area contributed by atoms with E-state index < -0.39 is 5.82 Å². The molecule has 2 N–H and O–H groups in total. The Morgan fingerprint density at radius 1 is 1.53 bits per heavy atom. The van der Waals surface area contributed by atoms with Gasteiger partial charge in [-0.3, -0.25) is 0 Å². The van der Waals surface area contributed by atoms with Gasteiger partial charge in [-0.2, -0.15) is 0 Å². The summed E-state index contributed by atoms with van der Waals surface area (Å²) in [5.74, 6) is 0.195. The molecule has 1 fully saturated rings. The number of ether oxygens (including phenoxy) is 1. The minimum absolute atomic E-state index is 0.0611. The van der Waals surface area contributed by atoms with Crippen molar-refractivity contribution in [2.24, 2.45) is 11.7 Å². The van der Waals surface area contributed by atoms with Gasteiger partial charge in [0, 0.05) is 13.2 Å². The Kier molecular flexibility index (Phi) is 4.02. The smallest absolute Gasteiger partial charge is 0.141 e. The average molecular weight is 258 g/mol. The first-order valence-corrected chi connectivity index (χ1v) is 6.22. The summed E-state index contributed by atoms with van der Waals surface area (Å²) >= 11 is 5.74. The third-order valence-electron chi connectivity index (χ3n) is 3.24. The van der Waals surface area contributed by atoms with E-state index in [2.05, 4.69) is 0 Å². The van der Waals surface area contributed by atoms with E-state index in [0.29, 0.717) is 12.3 Å². The van der Waals surface area contributed by atoms with Gasteiger partial charge in [-0.1, -0.05) is 17.7 Å². The first-order valence-electron chi connectivity index (χ1n) is 5.84. The molecule has 2 unspecified atom stereocenters. The van der Waals surface area contributed by atoms with Crippen molar-refractivity contribution in [2.75, 3.05) is 7.11 Å². The molecule has 1 saturated carbocycles. The fourth-order valence-corrected chi connectivity index (χ4v) is 2.40. The molecule has 0 aromatic heterocycles. The molecule has 1 aliphatic carbocycles. The van der Waals surface area contributed by atoms with Gasteiger partial charge >= 0.3 is 0 Å². The second-order valence-corrected chi connectivity index (χ2v) is 5.06. The molecule has 17 heavy (non-hydrogen) atoms. The van der Waals surface area contributed by atoms with Crippen molar-refractivity contribution >= 4 is 11.6 Å². The van der Waals surface area contributed by atoms with Gasteiger partial charge in [-0.15, -0.1) is 0 Å². The molecule has 0 amide bonds. The molecule has 2 rings (SSSR count). The van der Waals surface area contributed by atoms with Crippen LogP contribution >= 0.6 is 11.6 Å². The van der Waals surface area contributed by atoms with Gasteiger partial charge in [0.05, 0.1) is 11.1 Å². The first-order chi connectivity index (χ1) is 8.11. The summed E-state index contributed by atoms with van der Waals surface area (Å²) < 4.78 is 18.4. The van der Waals surface area contributed by atoms with Gasteiger partial charge in [0.1, 0.15) is 5.82 Å². The van der Waals surface area contributed by atoms with E-state index in [-0.39, 0.29) is 17.2 Å². The van der Waals surface area contributed by atoms with Crippen LogP contribution in [-0.2, 0) is 11.2 Å². The number of hydrogen-bond donors (Lipinski definition) is 1. The maximum atomic E-state index is 13.0. The molecule has 0 radical (unpaired) electrons. The lowest BCUT2D eigenvalue weighted by Crippen LogP contribution is -2.39. The maximum Gasteiger partial charge on any atom is 0.141 e. The molecule has 0 aliphatic heterocycles. The summed E-state index contributed by atoms with van der Waals surface area (Å²) in [4.78, 5) is 0. The number of methoxy groups -OCH3 is 1. The van der Waals surface area contributed by atoms with Gasteiger partial charge < -0.3 is 10.5 Å². The number of benzene rings is 1. The Hall–Kier alpha value is -0.640. The highest BCUT2D eigenvalue weighted by molar-refractivity contribution is 6.30. The number of rotatable bonds is 5. The monoisotopic (exact) mass is 257 g/mol. The van der Waals surface area contributed by atoms with Crippen LogP contribution in [0.2, 0.25) is 5.02 Å². The minimum atomic E-state index is -0.394. The van der Waals surface area contributed by atoms with Crippen molar-refractivity contribution in [2.45, 2.75) is 31.4 Å². The van der Waals surface area contributed by atoms with Crippen molar-refractivity contribution in [3.05, 3.63) is 34.6 Å². The molecular formula is C13H17ClFNO. The van der Waals surface area contributed by atoms with Gasteiger partial charge in [-0.25, -0.2) is 4.39 Å². The van der Waals surface area contributed by atoms with E-state index in [9.17, 15) is 4.39 Å². The zero-order valence-electron chi connectivity index (χ0n) is 9.83. The Bertz CT molecular complexity index is 395. The highest BCUT2D eigenvalue weighted by Crippen LogP contribution is 2.35. The van der Waals surface area contributed by atoms with Crippen LogP contribution in [0.5, 0.6) is 0 Å². The molecule has 1 aliphatic rings. The largest absolute Gasteiger partial charge is 0.380 e. The molecule has 94 valence electrons. The number of hydrogen-bond acceptors (Lipinski definition) is 2. The summed E-state index contributed by atoms with van der Waals surface area (Å²) in [5.41, 5.74) is 7.08. The van der Waals surface area contributed by atoms with E-state index in [1.54, 1.807) is 19.2 Å². The van der Waals surface area contributed by atoms with Crippen LogP contribution in [0.4, 0.5) is 4.39 Å². The zero-order valence-corrected chi connectivity index (χ0v) is 10.6. The Labute approximate surface area is 106 Å². The summed E-state index contributed by atoms with van der Waals surface area (Å²) in [6.07, 6.45) is 3.14. The molecule has 1 aromatic carbocycles. The van der Waals surface area contributed by atoms with Crippen LogP contribution in [-0.4, -0.2) is 19.3 Å². The second-order valence-electron chi connectivity index (χ2n) is 4.65. The average Bonchev–Trinajstić information content (AvgIpc) is 3.09. The van der Waals surface area contributed by atoms with Crippen LogP contribution < -0.4 is 5.73 Å². The fraction of sp³-hybridized carbons (Fsp3) is 0.538. The minimum Gasteiger partial charge on any atom is -0.380 e. The van der Waals surface area contributed by atoms with Crippen LogP contribution in [0.15, 0.2) is 18.2 Å². The molecule has 4 heteroatoms. The predicted molar refractivity (Wildman–Crippen MR) is 66.6 cm³/mol. The van der Waals surface area contributed by atoms with E-state index in [1.807, 2.05) is 0 Å². The van der Waals surface area contributed by atoms with E-state index in [0.717, 1.165) is 5.56 Å². The van der Waals surface area contributed by atoms with Crippen molar-refractivity contribution in [1.29, 1.82) is 0 Å². The fourth-order valence-electron chi connectivity index (χ4n) is 2.20. The molecule has 2 atom stereocenters. The SMILES string of the molecule is COC(C(N)Cc1ccc(F)c(Cl)c1)C1CC1. The zero-order chi connectivity index (χ0) is 12.4. The van der Waals surface area contributed by atoms with E-state index in [1.165, 1.54) is 18.9 Å². The van der Waals surface area contributed by atoms with Gasteiger partial charge in [0.25, 0.3) is 0 Å². The van der Waals surface area contributed by atoms with Gasteiger partial charge in [0.2, 0.25) is 0 Å². The Balaban J connectivity index is 2.01. The number of nitrogens with two attached hydrogens (primary N) is 1. The molecule has 2 nitrogen and oxygen atoms in total. The quantitative estimate of drug-likeness (QED) is 0.880. The number of halogens is 2. The van der Waals surface area contributed by atoms with Gasteiger partial charge in [0.15, 0.2) is 0 Å². The van der Waals surface area contributed by atoms with Crippen molar-refractivity contribution < 1.29 is 9.13 Å². The highest BCUT2D eigenvalue weighted by atomic mass is 35.5. The van der Waals surface area contributed by atoms with Gasteiger partial charge in [-0.05, 0) is 42.9 Å². The summed E-state index contributed by atoms with van der Waals surface area (Å²) in [6, 6.07) is 4.68. The summed E-state index contributed by atoms with van der Waals surface area (Å²) in [7, 11) is 1.69. The lowest BCUT2D eigenvalue weighted by atomic mass is 9.99. The van der Waals surface area contributed by atoms with Crippen molar-refractivity contribution in [3.63, 3.8) is 0 Å². The molecule has 0 spiro atoms. The third-order valence-corrected chi connectivity index (χ3v) is 3.53. The molecular weight excluding hydrogens is 241 g/mol. The van der Waals surface area contributed by atoms with Crippen LogP contribution in [0.3, 0.4) is 0 Å². The van der Waals surface area contributed by atoms with Crippen LogP contribution in [0, 0.1) is 11.7 Å². The highest BCUT2D eigenvalue weighted by Gasteiger charge is 2.35. The maximum absolute atomic E-state index is 13.0. The molecule has 1 aromatic rings. The Morgan fingerprint density at radius 3 is 2.76 bits per heavy atom. The first kappa shape index (κ1) is 12.8. The third kappa shape index (κ3) is 3.18. The topological polar surface area (TPSA) is 35.2 Å². The second kappa shape index (κ2) is 5.34. The van der Waals surface area contributed by atoms with Crippen molar-refractivity contribution in [1.82, 2.24) is 0 Å². The van der Waals surface area contributed by atoms with Crippen molar-refractivity contribution in [3.8, 4) is 0 Å². The van der Waals surface area contributed by atoms with Crippen LogP contribution in [0.25, 0.3) is 0 Å². The van der Waals surface area contributed by atoms with Crippen LogP contribution in [0.1, 0.15) is 18.4 Å². The lowest BCUT2D eigenvalue weighted by molar-refractivity contribution is 0.0627. The normalized spacial score (nSPS) is 19.1.